The van der Waals surface area contributed by atoms with E-state index in [2.05, 4.69) is 20.5 Å². The number of carbonyl (C=O) groups excluding carboxylic acids is 2. The zero-order valence-corrected chi connectivity index (χ0v) is 15.5. The molecule has 7 nitrogen and oxygen atoms in total. The van der Waals surface area contributed by atoms with Crippen LogP contribution in [0.3, 0.4) is 0 Å². The van der Waals surface area contributed by atoms with Gasteiger partial charge in [-0.05, 0) is 0 Å². The maximum absolute atomic E-state index is 11.9. The molecule has 0 radical (unpaired) electrons. The molecule has 0 atom stereocenters. The second-order valence-electron chi connectivity index (χ2n) is 5.07. The number of H-pyrrole nitrogens is 1. The van der Waals surface area contributed by atoms with E-state index in [4.69, 9.17) is 12.2 Å². The van der Waals surface area contributed by atoms with Crippen molar-refractivity contribution in [3.63, 3.8) is 0 Å². The van der Waals surface area contributed by atoms with Crippen LogP contribution in [-0.2, 0) is 9.59 Å². The van der Waals surface area contributed by atoms with Crippen LogP contribution in [0.5, 0.6) is 0 Å². The molecule has 2 aromatic rings. The highest BCUT2D eigenvalue weighted by atomic mass is 32.2. The monoisotopic (exact) mass is 393 g/mol. The third-order valence-corrected chi connectivity index (χ3v) is 5.62. The van der Waals surface area contributed by atoms with Gasteiger partial charge in [0.25, 0.3) is 0 Å². The van der Waals surface area contributed by atoms with E-state index >= 15 is 0 Å². The first-order valence-electron chi connectivity index (χ1n) is 7.48. The molecule has 0 saturated carbocycles. The van der Waals surface area contributed by atoms with Crippen molar-refractivity contribution < 1.29 is 9.59 Å². The minimum absolute atomic E-state index is 0.00668. The Bertz CT molecular complexity index is 764. The van der Waals surface area contributed by atoms with Crippen LogP contribution in [0.4, 0.5) is 0 Å². The number of thiocarbonyl (C=S) groups is 1. The summed E-state index contributed by atoms with van der Waals surface area (Å²) in [5.41, 5.74) is 0.940. The number of carbonyl (C=O) groups is 2. The minimum Gasteiger partial charge on any atom is -0.354 e. The molecule has 1 aliphatic rings. The highest BCUT2D eigenvalue weighted by Crippen LogP contribution is 2.19. The van der Waals surface area contributed by atoms with E-state index in [9.17, 15) is 9.59 Å². The lowest BCUT2D eigenvalue weighted by molar-refractivity contribution is -0.124. The Labute approximate surface area is 158 Å². The van der Waals surface area contributed by atoms with Crippen LogP contribution in [-0.4, -0.2) is 60.8 Å². The number of hydrogen-bond donors (Lipinski definition) is 2. The molecular weight excluding hydrogens is 378 g/mol. The molecule has 10 heteroatoms. The van der Waals surface area contributed by atoms with Crippen molar-refractivity contribution >= 4 is 51.9 Å². The second kappa shape index (κ2) is 8.45. The van der Waals surface area contributed by atoms with Gasteiger partial charge in [0, 0.05) is 18.7 Å². The van der Waals surface area contributed by atoms with E-state index in [0.717, 1.165) is 5.56 Å². The molecule has 3 rings (SSSR count). The van der Waals surface area contributed by atoms with Gasteiger partial charge in [0.1, 0.15) is 4.32 Å². The number of thioether (sulfide) groups is 2. The van der Waals surface area contributed by atoms with E-state index in [0.29, 0.717) is 34.1 Å². The number of nitrogens with zero attached hydrogens (tertiary/aromatic N) is 3. The number of aromatic nitrogens is 3. The van der Waals surface area contributed by atoms with Gasteiger partial charge in [0.05, 0.1) is 11.5 Å². The summed E-state index contributed by atoms with van der Waals surface area (Å²) in [6.45, 7) is 0.773. The normalized spacial score (nSPS) is 14.2. The molecule has 25 heavy (non-hydrogen) atoms. The number of nitrogens with one attached hydrogen (secondary N) is 2. The van der Waals surface area contributed by atoms with Crippen LogP contribution < -0.4 is 5.32 Å². The molecule has 0 spiro atoms. The van der Waals surface area contributed by atoms with Crippen LogP contribution in [0.2, 0.25) is 0 Å². The third kappa shape index (κ3) is 4.80. The topological polar surface area (TPSA) is 91.0 Å². The summed E-state index contributed by atoms with van der Waals surface area (Å²) in [4.78, 5) is 29.3. The number of benzene rings is 1. The molecule has 0 aliphatic carbocycles. The number of aromatic amines is 1. The Morgan fingerprint density at radius 3 is 2.92 bits per heavy atom. The molecule has 1 fully saturated rings. The van der Waals surface area contributed by atoms with Crippen molar-refractivity contribution in [2.24, 2.45) is 0 Å². The van der Waals surface area contributed by atoms with E-state index < -0.39 is 0 Å². The number of rotatable bonds is 7. The molecule has 0 bridgehead atoms. The van der Waals surface area contributed by atoms with Gasteiger partial charge in [-0.3, -0.25) is 19.6 Å². The van der Waals surface area contributed by atoms with Crippen LogP contribution in [0, 0.1) is 0 Å². The predicted molar refractivity (Wildman–Crippen MR) is 102 cm³/mol. The standard InChI is InChI=1S/C15H15N5O2S3/c21-11(16-6-7-20-12(22)9-25-15(20)23)8-24-14-17-13(18-19-14)10-4-2-1-3-5-10/h1-5H,6-9H2,(H,16,21)(H,17,18,19). The van der Waals surface area contributed by atoms with Crippen molar-refractivity contribution in [3.8, 4) is 11.4 Å². The van der Waals surface area contributed by atoms with Crippen LogP contribution >= 0.6 is 35.7 Å². The Kier molecular flexibility index (Phi) is 6.05. The second-order valence-corrected chi connectivity index (χ2v) is 7.62. The lowest BCUT2D eigenvalue weighted by Gasteiger charge is -2.14. The van der Waals surface area contributed by atoms with Crippen molar-refractivity contribution in [1.29, 1.82) is 0 Å². The van der Waals surface area contributed by atoms with Crippen molar-refractivity contribution in [1.82, 2.24) is 25.4 Å². The highest BCUT2D eigenvalue weighted by molar-refractivity contribution is 8.23. The molecule has 0 unspecified atom stereocenters. The van der Waals surface area contributed by atoms with Gasteiger partial charge < -0.3 is 5.32 Å². The Morgan fingerprint density at radius 2 is 2.20 bits per heavy atom. The molecule has 1 saturated heterocycles. The Morgan fingerprint density at radius 1 is 1.40 bits per heavy atom. The smallest absolute Gasteiger partial charge is 0.238 e. The van der Waals surface area contributed by atoms with Gasteiger partial charge in [-0.25, -0.2) is 4.98 Å². The van der Waals surface area contributed by atoms with Crippen LogP contribution in [0.15, 0.2) is 35.5 Å². The van der Waals surface area contributed by atoms with Gasteiger partial charge in [-0.1, -0.05) is 66.1 Å². The minimum atomic E-state index is -0.138. The fourth-order valence-electron chi connectivity index (χ4n) is 2.12. The van der Waals surface area contributed by atoms with E-state index in [1.807, 2.05) is 30.3 Å². The maximum Gasteiger partial charge on any atom is 0.238 e. The van der Waals surface area contributed by atoms with E-state index in [1.54, 1.807) is 0 Å². The Hall–Kier alpha value is -1.91. The fraction of sp³-hybridized carbons (Fsp3) is 0.267. The van der Waals surface area contributed by atoms with Crippen LogP contribution in [0.25, 0.3) is 11.4 Å². The maximum atomic E-state index is 11.9. The third-order valence-electron chi connectivity index (χ3n) is 3.34. The van der Waals surface area contributed by atoms with Gasteiger partial charge >= 0.3 is 0 Å². The first-order valence-corrected chi connectivity index (χ1v) is 9.86. The van der Waals surface area contributed by atoms with E-state index in [1.165, 1.54) is 28.4 Å². The van der Waals surface area contributed by atoms with Crippen molar-refractivity contribution in [2.45, 2.75) is 5.16 Å². The average molecular weight is 394 g/mol. The molecule has 1 aliphatic heterocycles. The van der Waals surface area contributed by atoms with Gasteiger partial charge in [-0.2, -0.15) is 0 Å². The largest absolute Gasteiger partial charge is 0.354 e. The summed E-state index contributed by atoms with van der Waals surface area (Å²) in [5.74, 6) is 1.12. The average Bonchev–Trinajstić information content (AvgIpc) is 3.22. The summed E-state index contributed by atoms with van der Waals surface area (Å²) in [5, 5.41) is 10.2. The lowest BCUT2D eigenvalue weighted by atomic mass is 10.2. The number of amides is 2. The molecule has 130 valence electrons. The van der Waals surface area contributed by atoms with Crippen molar-refractivity contribution in [3.05, 3.63) is 30.3 Å². The zero-order chi connectivity index (χ0) is 17.6. The predicted octanol–water partition coefficient (Wildman–Crippen LogP) is 1.54. The van der Waals surface area contributed by atoms with Crippen molar-refractivity contribution in [2.75, 3.05) is 24.6 Å². The summed E-state index contributed by atoms with van der Waals surface area (Å²) < 4.78 is 0.572. The summed E-state index contributed by atoms with van der Waals surface area (Å²) in [6, 6.07) is 9.65. The molecule has 2 N–H and O–H groups in total. The number of hydrogen-bond acceptors (Lipinski definition) is 7. The summed E-state index contributed by atoms with van der Waals surface area (Å²) in [6.07, 6.45) is 0. The summed E-state index contributed by atoms with van der Waals surface area (Å²) in [7, 11) is 0. The zero-order valence-electron chi connectivity index (χ0n) is 13.1. The van der Waals surface area contributed by atoms with Gasteiger partial charge in [0.2, 0.25) is 17.0 Å². The quantitative estimate of drug-likeness (QED) is 0.545. The fourth-order valence-corrected chi connectivity index (χ4v) is 3.87. The molecule has 1 aromatic heterocycles. The molecule has 1 aromatic carbocycles. The van der Waals surface area contributed by atoms with Crippen LogP contribution in [0.1, 0.15) is 0 Å². The first kappa shape index (κ1) is 17.9. The van der Waals surface area contributed by atoms with E-state index in [-0.39, 0.29) is 17.6 Å². The summed E-state index contributed by atoms with van der Waals surface area (Å²) >= 11 is 7.69. The SMILES string of the molecule is O=C(CSc1n[nH]c(-c2ccccc2)n1)NCCN1C(=O)CSC1=S. The molecule has 2 amide bonds. The lowest BCUT2D eigenvalue weighted by Crippen LogP contribution is -2.37. The molecule has 2 heterocycles. The highest BCUT2D eigenvalue weighted by Gasteiger charge is 2.25. The van der Waals surface area contributed by atoms with Gasteiger partial charge in [0.15, 0.2) is 5.82 Å². The molecular formula is C15H15N5O2S3. The Balaban J connectivity index is 1.41. The van der Waals surface area contributed by atoms with Gasteiger partial charge in [-0.15, -0.1) is 5.10 Å². The first-order chi connectivity index (χ1) is 12.1.